The lowest BCUT2D eigenvalue weighted by Gasteiger charge is -2.21. The van der Waals surface area contributed by atoms with Gasteiger partial charge in [-0.3, -0.25) is 4.79 Å². The van der Waals surface area contributed by atoms with Crippen molar-refractivity contribution in [3.05, 3.63) is 22.7 Å². The van der Waals surface area contributed by atoms with E-state index in [0.717, 1.165) is 0 Å². The molecule has 0 aromatic carbocycles. The van der Waals surface area contributed by atoms with Gasteiger partial charge in [-0.2, -0.15) is 16.4 Å². The third-order valence-electron chi connectivity index (χ3n) is 2.85. The third-order valence-corrected chi connectivity index (χ3v) is 4.91. The molecule has 0 bridgehead atoms. The molecule has 2 heterocycles. The Balaban J connectivity index is 2.13. The van der Waals surface area contributed by atoms with Crippen molar-refractivity contribution in [2.75, 3.05) is 12.9 Å². The molecule has 0 aliphatic rings. The van der Waals surface area contributed by atoms with Gasteiger partial charge in [0.1, 0.15) is 11.2 Å². The van der Waals surface area contributed by atoms with Crippen LogP contribution in [-0.4, -0.2) is 55.4 Å². The Hall–Kier alpha value is -1.45. The number of carbonyl (C=O) groups is 1. The van der Waals surface area contributed by atoms with Gasteiger partial charge in [0.05, 0.1) is 12.3 Å². The summed E-state index contributed by atoms with van der Waals surface area (Å²) in [5.74, 6) is -0.189. The Kier molecular flexibility index (Phi) is 5.10. The smallest absolute Gasteiger partial charge is 0.263 e. The summed E-state index contributed by atoms with van der Waals surface area (Å²) in [6.45, 7) is 1.90. The van der Waals surface area contributed by atoms with Gasteiger partial charge in [0.2, 0.25) is 0 Å². The van der Waals surface area contributed by atoms with Crippen LogP contribution >= 0.6 is 23.1 Å². The maximum Gasteiger partial charge on any atom is 0.263 e. The van der Waals surface area contributed by atoms with Crippen LogP contribution in [0.1, 0.15) is 16.6 Å². The number of thioether (sulfide) groups is 1. The van der Waals surface area contributed by atoms with E-state index in [1.807, 2.05) is 18.6 Å². The number of aromatic nitrogens is 4. The fourth-order valence-electron chi connectivity index (χ4n) is 1.73. The van der Waals surface area contributed by atoms with Gasteiger partial charge in [0.25, 0.3) is 5.91 Å². The number of nitrogens with one attached hydrogen (secondary N) is 1. The summed E-state index contributed by atoms with van der Waals surface area (Å²) in [6, 6.07) is 1.66. The second-order valence-electron chi connectivity index (χ2n) is 4.11. The topological polar surface area (TPSA) is 92.9 Å². The summed E-state index contributed by atoms with van der Waals surface area (Å²) in [7, 11) is 0. The number of nitrogens with zero attached hydrogens (tertiary/aromatic N) is 4. The summed E-state index contributed by atoms with van der Waals surface area (Å²) in [5, 5.41) is 24.8. The summed E-state index contributed by atoms with van der Waals surface area (Å²) < 4.78 is 1.45. The number of hydrogen-bond acceptors (Lipinski definition) is 7. The SMILES string of the molecule is CSC(CO)C(C)NC(=O)c1sccc1-n1cnnn1. The van der Waals surface area contributed by atoms with E-state index < -0.39 is 0 Å². The molecule has 0 spiro atoms. The average molecular weight is 313 g/mol. The van der Waals surface area contributed by atoms with Crippen molar-refractivity contribution >= 4 is 29.0 Å². The van der Waals surface area contributed by atoms with Crippen molar-refractivity contribution in [2.45, 2.75) is 18.2 Å². The van der Waals surface area contributed by atoms with E-state index in [0.29, 0.717) is 10.6 Å². The first-order valence-corrected chi connectivity index (χ1v) is 8.09. The molecule has 2 aromatic heterocycles. The van der Waals surface area contributed by atoms with Crippen molar-refractivity contribution in [1.29, 1.82) is 0 Å². The second-order valence-corrected chi connectivity index (χ2v) is 6.10. The van der Waals surface area contributed by atoms with Crippen LogP contribution in [0.25, 0.3) is 5.69 Å². The predicted octanol–water partition coefficient (Wildman–Crippen LogP) is 0.566. The lowest BCUT2D eigenvalue weighted by atomic mass is 10.2. The molecule has 2 unspecified atom stereocenters. The highest BCUT2D eigenvalue weighted by Crippen LogP contribution is 2.20. The lowest BCUT2D eigenvalue weighted by molar-refractivity contribution is 0.0940. The summed E-state index contributed by atoms with van der Waals surface area (Å²) in [4.78, 5) is 12.8. The number of tetrazole rings is 1. The molecule has 2 atom stereocenters. The van der Waals surface area contributed by atoms with Crippen LogP contribution in [0.5, 0.6) is 0 Å². The molecule has 0 saturated heterocycles. The van der Waals surface area contributed by atoms with E-state index >= 15 is 0 Å². The first-order chi connectivity index (χ1) is 9.67. The molecule has 2 rings (SSSR count). The molecular formula is C11H15N5O2S2. The quantitative estimate of drug-likeness (QED) is 0.810. The highest BCUT2D eigenvalue weighted by molar-refractivity contribution is 7.99. The van der Waals surface area contributed by atoms with Gasteiger partial charge in [-0.05, 0) is 35.1 Å². The number of amides is 1. The molecule has 9 heteroatoms. The number of carbonyl (C=O) groups excluding carboxylic acids is 1. The number of hydrogen-bond donors (Lipinski definition) is 2. The minimum Gasteiger partial charge on any atom is -0.395 e. The molecule has 0 radical (unpaired) electrons. The standard InChI is InChI=1S/C11H15N5O2S2/c1-7(9(5-17)19-2)13-11(18)10-8(3-4-20-10)16-6-12-14-15-16/h3-4,6-7,9,17H,5H2,1-2H3,(H,13,18). The molecule has 7 nitrogen and oxygen atoms in total. The fourth-order valence-corrected chi connectivity index (χ4v) is 3.13. The van der Waals surface area contributed by atoms with Crippen LogP contribution in [0.15, 0.2) is 17.8 Å². The predicted molar refractivity (Wildman–Crippen MR) is 78.3 cm³/mol. The largest absolute Gasteiger partial charge is 0.395 e. The highest BCUT2D eigenvalue weighted by atomic mass is 32.2. The van der Waals surface area contributed by atoms with E-state index in [-0.39, 0.29) is 23.8 Å². The molecular weight excluding hydrogens is 298 g/mol. The molecule has 0 saturated carbocycles. The summed E-state index contributed by atoms with van der Waals surface area (Å²) in [5.41, 5.74) is 0.648. The number of rotatable bonds is 6. The monoisotopic (exact) mass is 313 g/mol. The van der Waals surface area contributed by atoms with Gasteiger partial charge in [-0.25, -0.2) is 0 Å². The maximum atomic E-state index is 12.3. The number of aliphatic hydroxyl groups excluding tert-OH is 1. The molecule has 2 N–H and O–H groups in total. The molecule has 0 aliphatic carbocycles. The van der Waals surface area contributed by atoms with Crippen molar-refractivity contribution < 1.29 is 9.90 Å². The van der Waals surface area contributed by atoms with E-state index in [1.54, 1.807) is 6.07 Å². The maximum absolute atomic E-state index is 12.3. The molecule has 1 amide bonds. The molecule has 0 aliphatic heterocycles. The van der Waals surface area contributed by atoms with Crippen molar-refractivity contribution in [3.8, 4) is 5.69 Å². The molecule has 20 heavy (non-hydrogen) atoms. The zero-order valence-electron chi connectivity index (χ0n) is 11.1. The van der Waals surface area contributed by atoms with Gasteiger partial charge in [-0.15, -0.1) is 16.4 Å². The van der Waals surface area contributed by atoms with Crippen LogP contribution in [-0.2, 0) is 0 Å². The van der Waals surface area contributed by atoms with Gasteiger partial charge in [-0.1, -0.05) is 0 Å². The molecule has 0 fully saturated rings. The minimum atomic E-state index is -0.189. The Morgan fingerprint density at radius 2 is 2.45 bits per heavy atom. The van der Waals surface area contributed by atoms with Crippen LogP contribution in [0.3, 0.4) is 0 Å². The van der Waals surface area contributed by atoms with E-state index in [1.165, 1.54) is 34.1 Å². The zero-order valence-corrected chi connectivity index (χ0v) is 12.7. The first kappa shape index (κ1) is 14.9. The van der Waals surface area contributed by atoms with E-state index in [4.69, 9.17) is 0 Å². The Labute approximate surface area is 124 Å². The zero-order chi connectivity index (χ0) is 14.5. The second kappa shape index (κ2) is 6.82. The first-order valence-electron chi connectivity index (χ1n) is 5.92. The van der Waals surface area contributed by atoms with Crippen LogP contribution in [0.4, 0.5) is 0 Å². The van der Waals surface area contributed by atoms with Gasteiger partial charge >= 0.3 is 0 Å². The summed E-state index contributed by atoms with van der Waals surface area (Å²) in [6.07, 6.45) is 3.35. The van der Waals surface area contributed by atoms with Crippen LogP contribution in [0, 0.1) is 0 Å². The fraction of sp³-hybridized carbons (Fsp3) is 0.455. The van der Waals surface area contributed by atoms with Gasteiger partial charge < -0.3 is 10.4 Å². The van der Waals surface area contributed by atoms with Crippen molar-refractivity contribution in [2.24, 2.45) is 0 Å². The van der Waals surface area contributed by atoms with Crippen LogP contribution in [0.2, 0.25) is 0 Å². The van der Waals surface area contributed by atoms with E-state index in [2.05, 4.69) is 20.8 Å². The minimum absolute atomic E-state index is 0.0207. The summed E-state index contributed by atoms with van der Waals surface area (Å²) >= 11 is 2.85. The van der Waals surface area contributed by atoms with Crippen LogP contribution < -0.4 is 5.32 Å². The molecule has 2 aromatic rings. The average Bonchev–Trinajstić information content (AvgIpc) is 3.10. The van der Waals surface area contributed by atoms with E-state index in [9.17, 15) is 9.90 Å². The number of thiophene rings is 1. The lowest BCUT2D eigenvalue weighted by Crippen LogP contribution is -2.41. The van der Waals surface area contributed by atoms with Crippen molar-refractivity contribution in [3.63, 3.8) is 0 Å². The van der Waals surface area contributed by atoms with Gasteiger partial charge in [0, 0.05) is 11.3 Å². The highest BCUT2D eigenvalue weighted by Gasteiger charge is 2.21. The van der Waals surface area contributed by atoms with Gasteiger partial charge in [0.15, 0.2) is 0 Å². The van der Waals surface area contributed by atoms with Crippen molar-refractivity contribution in [1.82, 2.24) is 25.5 Å². The Morgan fingerprint density at radius 3 is 3.05 bits per heavy atom. The number of aliphatic hydroxyl groups is 1. The Bertz CT molecular complexity index is 553. The normalized spacial score (nSPS) is 13.9. The third kappa shape index (κ3) is 3.17. The molecule has 108 valence electrons. The Morgan fingerprint density at radius 1 is 1.65 bits per heavy atom.